The average Bonchev–Trinajstić information content (AvgIpc) is 3.40. The molecule has 0 fully saturated rings. The Bertz CT molecular complexity index is 1150. The van der Waals surface area contributed by atoms with E-state index in [2.05, 4.69) is 31.3 Å². The summed E-state index contributed by atoms with van der Waals surface area (Å²) in [5, 5.41) is 23.2. The number of amides is 1. The number of nitrogens with one attached hydrogen (secondary N) is 1. The summed E-state index contributed by atoms with van der Waals surface area (Å²) in [7, 11) is 0. The number of aliphatic hydroxyl groups is 2. The molecule has 74 heavy (non-hydrogen) atoms. The maximum Gasteiger partial charge on any atom is 0.305 e. The molecule has 0 aromatic rings. The molecule has 0 aliphatic rings. The zero-order chi connectivity index (χ0) is 53.6. The highest BCUT2D eigenvalue weighted by atomic mass is 16.5. The normalized spacial score (nSPS) is 12.6. The Morgan fingerprint density at radius 2 is 0.635 bits per heavy atom. The van der Waals surface area contributed by atoms with Gasteiger partial charge >= 0.3 is 5.97 Å². The minimum atomic E-state index is -0.842. The van der Waals surface area contributed by atoms with Crippen molar-refractivity contribution in [1.29, 1.82) is 0 Å². The Labute approximate surface area is 462 Å². The predicted octanol–water partition coefficient (Wildman–Crippen LogP) is 21.4. The summed E-state index contributed by atoms with van der Waals surface area (Å²) in [6.45, 7) is 4.91. The van der Waals surface area contributed by atoms with E-state index in [1.807, 2.05) is 6.08 Å². The molecule has 0 heterocycles. The van der Waals surface area contributed by atoms with E-state index < -0.39 is 12.1 Å². The summed E-state index contributed by atoms with van der Waals surface area (Å²) in [6.07, 6.45) is 79.6. The summed E-state index contributed by atoms with van der Waals surface area (Å²) in [5.74, 6) is -0.0532. The van der Waals surface area contributed by atoms with Gasteiger partial charge in [-0.15, -0.1) is 0 Å². The minimum absolute atomic E-state index is 0.00872. The molecule has 2 unspecified atom stereocenters. The summed E-state index contributed by atoms with van der Waals surface area (Å²) >= 11 is 0. The lowest BCUT2D eigenvalue weighted by molar-refractivity contribution is -0.143. The van der Waals surface area contributed by atoms with Gasteiger partial charge in [-0.2, -0.15) is 0 Å². The third-order valence-corrected chi connectivity index (χ3v) is 15.7. The first kappa shape index (κ1) is 72.3. The lowest BCUT2D eigenvalue weighted by atomic mass is 10.0. The van der Waals surface area contributed by atoms with Crippen molar-refractivity contribution >= 4 is 11.9 Å². The maximum absolute atomic E-state index is 12.5. The highest BCUT2D eigenvalue weighted by molar-refractivity contribution is 5.76. The van der Waals surface area contributed by atoms with Crippen LogP contribution in [-0.2, 0) is 14.3 Å². The fourth-order valence-corrected chi connectivity index (χ4v) is 10.6. The predicted molar refractivity (Wildman–Crippen MR) is 324 cm³/mol. The molecule has 0 aliphatic carbocycles. The molecule has 0 radical (unpaired) electrons. The van der Waals surface area contributed by atoms with Gasteiger partial charge in [0, 0.05) is 12.8 Å². The summed E-state index contributed by atoms with van der Waals surface area (Å²) in [5.41, 5.74) is 0. The molecule has 438 valence electrons. The number of hydrogen-bond donors (Lipinski definition) is 3. The van der Waals surface area contributed by atoms with Crippen molar-refractivity contribution in [2.45, 2.75) is 386 Å². The third kappa shape index (κ3) is 59.6. The summed E-state index contributed by atoms with van der Waals surface area (Å²) in [6, 6.07) is -0.625. The van der Waals surface area contributed by atoms with Crippen LogP contribution in [0.2, 0.25) is 0 Å². The molecule has 6 nitrogen and oxygen atoms in total. The fourth-order valence-electron chi connectivity index (χ4n) is 10.6. The third-order valence-electron chi connectivity index (χ3n) is 15.7. The molecule has 6 heteroatoms. The van der Waals surface area contributed by atoms with Crippen LogP contribution in [0.4, 0.5) is 0 Å². The van der Waals surface area contributed by atoms with Gasteiger partial charge in [0.15, 0.2) is 0 Å². The van der Waals surface area contributed by atoms with Gasteiger partial charge in [-0.05, 0) is 57.8 Å². The quantitative estimate of drug-likeness (QED) is 0.0320. The van der Waals surface area contributed by atoms with Gasteiger partial charge in [-0.1, -0.05) is 327 Å². The number of carbonyl (C=O) groups is 2. The van der Waals surface area contributed by atoms with E-state index in [1.54, 1.807) is 6.08 Å². The van der Waals surface area contributed by atoms with Gasteiger partial charge in [0.1, 0.15) is 0 Å². The molecule has 1 amide bonds. The van der Waals surface area contributed by atoms with E-state index in [-0.39, 0.29) is 18.5 Å². The second-order valence-corrected chi connectivity index (χ2v) is 23.2. The first-order chi connectivity index (χ1) is 36.5. The summed E-state index contributed by atoms with van der Waals surface area (Å²) < 4.78 is 5.47. The van der Waals surface area contributed by atoms with Gasteiger partial charge in [0.25, 0.3) is 0 Å². The zero-order valence-electron chi connectivity index (χ0n) is 50.1. The van der Waals surface area contributed by atoms with Crippen LogP contribution in [0.1, 0.15) is 373 Å². The van der Waals surface area contributed by atoms with E-state index in [0.29, 0.717) is 19.4 Å². The molecule has 0 rings (SSSR count). The number of ether oxygens (including phenoxy) is 1. The monoisotopic (exact) mass is 1040 g/mol. The molecule has 0 spiro atoms. The van der Waals surface area contributed by atoms with Crippen molar-refractivity contribution in [1.82, 2.24) is 5.32 Å². The van der Waals surface area contributed by atoms with Crippen LogP contribution < -0.4 is 5.32 Å². The van der Waals surface area contributed by atoms with Crippen LogP contribution in [0, 0.1) is 0 Å². The molecule has 0 aromatic carbocycles. The Hall–Kier alpha value is -1.66. The van der Waals surface area contributed by atoms with E-state index in [4.69, 9.17) is 4.74 Å². The van der Waals surface area contributed by atoms with Gasteiger partial charge in [0.2, 0.25) is 5.91 Å². The van der Waals surface area contributed by atoms with E-state index in [9.17, 15) is 19.8 Å². The fraction of sp³-hybridized carbons (Fsp3) is 0.912. The Morgan fingerprint density at radius 3 is 0.986 bits per heavy atom. The Balaban J connectivity index is 3.37. The maximum atomic E-state index is 12.5. The van der Waals surface area contributed by atoms with E-state index >= 15 is 0 Å². The average molecular weight is 1040 g/mol. The first-order valence-electron chi connectivity index (χ1n) is 33.6. The zero-order valence-corrected chi connectivity index (χ0v) is 50.1. The number of aliphatic hydroxyl groups excluding tert-OH is 2. The van der Waals surface area contributed by atoms with Gasteiger partial charge in [0.05, 0.1) is 25.4 Å². The molecule has 0 saturated heterocycles. The molecular formula is C68H131NO5. The van der Waals surface area contributed by atoms with Crippen molar-refractivity contribution in [3.05, 3.63) is 24.3 Å². The molecule has 0 aliphatic heterocycles. The van der Waals surface area contributed by atoms with Gasteiger partial charge in [-0.3, -0.25) is 9.59 Å². The van der Waals surface area contributed by atoms with E-state index in [0.717, 1.165) is 44.9 Å². The number of unbranched alkanes of at least 4 members (excludes halogenated alkanes) is 50. The number of allylic oxidation sites excluding steroid dienone is 3. The van der Waals surface area contributed by atoms with Crippen molar-refractivity contribution in [2.24, 2.45) is 0 Å². The van der Waals surface area contributed by atoms with Crippen LogP contribution in [0.5, 0.6) is 0 Å². The van der Waals surface area contributed by atoms with Crippen LogP contribution in [0.15, 0.2) is 24.3 Å². The minimum Gasteiger partial charge on any atom is -0.466 e. The van der Waals surface area contributed by atoms with Crippen molar-refractivity contribution in [3.8, 4) is 0 Å². The number of rotatable bonds is 63. The van der Waals surface area contributed by atoms with Crippen LogP contribution in [-0.4, -0.2) is 47.4 Å². The van der Waals surface area contributed by atoms with Crippen LogP contribution in [0.3, 0.4) is 0 Å². The lowest BCUT2D eigenvalue weighted by Crippen LogP contribution is -2.45. The Morgan fingerprint density at radius 1 is 0.365 bits per heavy atom. The Kier molecular flexibility index (Phi) is 62.4. The topological polar surface area (TPSA) is 95.9 Å². The van der Waals surface area contributed by atoms with Crippen molar-refractivity contribution < 1.29 is 24.5 Å². The van der Waals surface area contributed by atoms with Crippen molar-refractivity contribution in [3.63, 3.8) is 0 Å². The van der Waals surface area contributed by atoms with Gasteiger partial charge in [-0.25, -0.2) is 0 Å². The molecule has 0 bridgehead atoms. The lowest BCUT2D eigenvalue weighted by Gasteiger charge is -2.20. The molecule has 2 atom stereocenters. The smallest absolute Gasteiger partial charge is 0.305 e. The van der Waals surface area contributed by atoms with Crippen molar-refractivity contribution in [2.75, 3.05) is 13.2 Å². The molecule has 0 saturated carbocycles. The molecule has 0 aromatic heterocycles. The van der Waals surface area contributed by atoms with Crippen LogP contribution >= 0.6 is 0 Å². The molecular weight excluding hydrogens is 911 g/mol. The summed E-state index contributed by atoms with van der Waals surface area (Å²) in [4.78, 5) is 24.5. The standard InChI is InChI=1S/C68H131NO5/c1-3-5-7-9-11-13-15-17-18-31-34-37-40-44-48-52-56-60-66(71)65(64-70)69-67(72)61-57-53-49-45-41-38-35-32-29-27-25-23-21-19-20-22-24-26-28-30-33-36-39-43-47-51-55-59-63-74-68(73)62-58-54-50-46-42-16-14-12-10-8-6-4-2/h12,14,56,60,65-66,70-71H,3-11,13,15-55,57-59,61-64H2,1-2H3,(H,69,72)/b14-12-,60-56+. The van der Waals surface area contributed by atoms with E-state index in [1.165, 1.54) is 302 Å². The second kappa shape index (κ2) is 63.9. The number of carbonyl (C=O) groups excluding carboxylic acids is 2. The SMILES string of the molecule is CCCCC/C=C\CCCCCCCC(=O)OCCCCCCCCCCCCCCCCCCCCCCCCCCCCCCC(=O)NC(CO)C(O)/C=C/CCCCCCCCCCCCCCCCC. The number of esters is 1. The highest BCUT2D eigenvalue weighted by Crippen LogP contribution is 2.18. The number of hydrogen-bond acceptors (Lipinski definition) is 5. The second-order valence-electron chi connectivity index (χ2n) is 23.2. The van der Waals surface area contributed by atoms with Gasteiger partial charge < -0.3 is 20.3 Å². The van der Waals surface area contributed by atoms with Crippen LogP contribution in [0.25, 0.3) is 0 Å². The largest absolute Gasteiger partial charge is 0.466 e. The highest BCUT2D eigenvalue weighted by Gasteiger charge is 2.18. The first-order valence-corrected chi connectivity index (χ1v) is 33.6. The molecule has 3 N–H and O–H groups in total.